The fourth-order valence-electron chi connectivity index (χ4n) is 4.87. The number of halogens is 1. The largest absolute Gasteiger partial charge is 0.354 e. The van der Waals surface area contributed by atoms with Gasteiger partial charge in [-0.2, -0.15) is 4.31 Å². The maximum Gasteiger partial charge on any atom is 0.245 e. The van der Waals surface area contributed by atoms with Crippen molar-refractivity contribution in [1.29, 1.82) is 0 Å². The third-order valence-corrected chi connectivity index (χ3v) is 8.63. The first-order valence-electron chi connectivity index (χ1n) is 11.3. The van der Waals surface area contributed by atoms with Gasteiger partial charge in [0.25, 0.3) is 0 Å². The summed E-state index contributed by atoms with van der Waals surface area (Å²) in [6, 6.07) is 5.42. The summed E-state index contributed by atoms with van der Waals surface area (Å²) in [5.74, 6) is 0.320. The molecule has 8 heteroatoms. The van der Waals surface area contributed by atoms with Gasteiger partial charge < -0.3 is 5.32 Å². The van der Waals surface area contributed by atoms with Crippen LogP contribution < -0.4 is 5.32 Å². The Balaban J connectivity index is 1.53. The van der Waals surface area contributed by atoms with Crippen LogP contribution >= 0.6 is 0 Å². The summed E-state index contributed by atoms with van der Waals surface area (Å²) in [5, 5.41) is 3.11. The van der Waals surface area contributed by atoms with E-state index in [-0.39, 0.29) is 35.3 Å². The number of carbonyl (C=O) groups is 1. The molecule has 174 valence electrons. The number of amides is 1. The smallest absolute Gasteiger partial charge is 0.245 e. The molecule has 2 heterocycles. The van der Waals surface area contributed by atoms with Crippen LogP contribution in [0.2, 0.25) is 0 Å². The number of benzene rings is 1. The first-order chi connectivity index (χ1) is 14.5. The minimum Gasteiger partial charge on any atom is -0.354 e. The number of hydrogen-bond donors (Lipinski definition) is 1. The van der Waals surface area contributed by atoms with E-state index < -0.39 is 15.8 Å². The van der Waals surface area contributed by atoms with Crippen LogP contribution in [0.4, 0.5) is 4.39 Å². The van der Waals surface area contributed by atoms with E-state index in [0.29, 0.717) is 31.2 Å². The van der Waals surface area contributed by atoms with Gasteiger partial charge in [0.1, 0.15) is 10.7 Å². The molecule has 0 saturated carbocycles. The highest BCUT2D eigenvalue weighted by molar-refractivity contribution is 7.89. The zero-order valence-corrected chi connectivity index (χ0v) is 19.9. The number of sulfonamides is 1. The highest BCUT2D eigenvalue weighted by Crippen LogP contribution is 2.28. The second-order valence-electron chi connectivity index (χ2n) is 9.99. The standard InChI is InChI=1S/C23H36FN3O3S/c1-17-13-18(2)15-26(14-17)23(3,4)16-25-22(28)19-9-11-27(12-10-19)31(29,30)21-8-6-5-7-20(21)24/h5-8,17-19H,9-16H2,1-4H3,(H,25,28). The van der Waals surface area contributed by atoms with Crippen molar-refractivity contribution in [2.45, 2.75) is 57.4 Å². The molecule has 31 heavy (non-hydrogen) atoms. The molecule has 3 rings (SSSR count). The van der Waals surface area contributed by atoms with E-state index in [1.54, 1.807) is 0 Å². The molecule has 1 aromatic carbocycles. The molecule has 0 bridgehead atoms. The van der Waals surface area contributed by atoms with E-state index in [9.17, 15) is 17.6 Å². The normalized spacial score (nSPS) is 24.8. The molecule has 1 aromatic rings. The molecule has 1 amide bonds. The summed E-state index contributed by atoms with van der Waals surface area (Å²) >= 11 is 0. The fraction of sp³-hybridized carbons (Fsp3) is 0.696. The minimum atomic E-state index is -3.88. The predicted octanol–water partition coefficient (Wildman–Crippen LogP) is 3.10. The maximum atomic E-state index is 14.0. The molecular formula is C23H36FN3O3S. The Morgan fingerprint density at radius 1 is 1.13 bits per heavy atom. The molecule has 0 aromatic heterocycles. The molecule has 6 nitrogen and oxygen atoms in total. The average Bonchev–Trinajstić information content (AvgIpc) is 2.71. The molecule has 2 aliphatic rings. The van der Waals surface area contributed by atoms with Crippen molar-refractivity contribution in [2.24, 2.45) is 17.8 Å². The summed E-state index contributed by atoms with van der Waals surface area (Å²) in [4.78, 5) is 14.9. The second-order valence-corrected chi connectivity index (χ2v) is 11.9. The summed E-state index contributed by atoms with van der Waals surface area (Å²) in [6.07, 6.45) is 2.13. The number of hydrogen-bond acceptors (Lipinski definition) is 4. The Morgan fingerprint density at radius 3 is 2.29 bits per heavy atom. The SMILES string of the molecule is CC1CC(C)CN(C(C)(C)CNC(=O)C2CCN(S(=O)(=O)c3ccccc3F)CC2)C1. The van der Waals surface area contributed by atoms with Gasteiger partial charge in [0.15, 0.2) is 0 Å². The van der Waals surface area contributed by atoms with Gasteiger partial charge in [0, 0.05) is 44.2 Å². The van der Waals surface area contributed by atoms with E-state index in [0.717, 1.165) is 19.2 Å². The van der Waals surface area contributed by atoms with Crippen molar-refractivity contribution in [2.75, 3.05) is 32.7 Å². The predicted molar refractivity (Wildman–Crippen MR) is 119 cm³/mol. The van der Waals surface area contributed by atoms with E-state index in [1.807, 2.05) is 0 Å². The lowest BCUT2D eigenvalue weighted by Crippen LogP contribution is -2.56. The molecule has 1 N–H and O–H groups in total. The van der Waals surface area contributed by atoms with Crippen LogP contribution in [-0.2, 0) is 14.8 Å². The van der Waals surface area contributed by atoms with E-state index in [1.165, 1.54) is 28.9 Å². The summed E-state index contributed by atoms with van der Waals surface area (Å²) in [7, 11) is -3.88. The van der Waals surface area contributed by atoms with Crippen LogP contribution in [0, 0.1) is 23.6 Å². The lowest BCUT2D eigenvalue weighted by atomic mass is 9.88. The van der Waals surface area contributed by atoms with Crippen LogP contribution in [0.15, 0.2) is 29.2 Å². The van der Waals surface area contributed by atoms with Gasteiger partial charge in [-0.05, 0) is 57.1 Å². The maximum absolute atomic E-state index is 14.0. The van der Waals surface area contributed by atoms with Gasteiger partial charge in [0.2, 0.25) is 15.9 Å². The molecule has 2 atom stereocenters. The molecule has 2 saturated heterocycles. The van der Waals surface area contributed by atoms with Crippen molar-refractivity contribution in [3.63, 3.8) is 0 Å². The summed E-state index contributed by atoms with van der Waals surface area (Å²) < 4.78 is 40.8. The quantitative estimate of drug-likeness (QED) is 0.719. The Morgan fingerprint density at radius 2 is 1.71 bits per heavy atom. The zero-order chi connectivity index (χ0) is 22.8. The number of likely N-dealkylation sites (tertiary alicyclic amines) is 1. The van der Waals surface area contributed by atoms with Gasteiger partial charge in [0.05, 0.1) is 0 Å². The van der Waals surface area contributed by atoms with Gasteiger partial charge in [-0.1, -0.05) is 26.0 Å². The molecule has 0 spiro atoms. The minimum absolute atomic E-state index is 0.0193. The topological polar surface area (TPSA) is 69.7 Å². The van der Waals surface area contributed by atoms with Crippen molar-refractivity contribution < 1.29 is 17.6 Å². The molecule has 0 radical (unpaired) electrons. The van der Waals surface area contributed by atoms with Crippen molar-refractivity contribution in [3.8, 4) is 0 Å². The zero-order valence-electron chi connectivity index (χ0n) is 19.1. The summed E-state index contributed by atoms with van der Waals surface area (Å²) in [5.41, 5.74) is -0.131. The number of piperidine rings is 2. The third kappa shape index (κ3) is 5.65. The molecule has 0 aliphatic carbocycles. The highest BCUT2D eigenvalue weighted by atomic mass is 32.2. The average molecular weight is 454 g/mol. The Hall–Kier alpha value is -1.51. The van der Waals surface area contributed by atoms with Crippen molar-refractivity contribution in [3.05, 3.63) is 30.1 Å². The highest BCUT2D eigenvalue weighted by Gasteiger charge is 2.36. The molecule has 2 fully saturated rings. The Labute approximate surface area is 186 Å². The molecular weight excluding hydrogens is 417 g/mol. The van der Waals surface area contributed by atoms with Gasteiger partial charge in [-0.25, -0.2) is 12.8 Å². The van der Waals surface area contributed by atoms with Crippen LogP contribution in [0.5, 0.6) is 0 Å². The van der Waals surface area contributed by atoms with Gasteiger partial charge in [-0.15, -0.1) is 0 Å². The van der Waals surface area contributed by atoms with E-state index in [4.69, 9.17) is 0 Å². The van der Waals surface area contributed by atoms with Crippen LogP contribution in [0.1, 0.15) is 47.0 Å². The molecule has 2 aliphatic heterocycles. The Bertz CT molecular complexity index is 872. The van der Waals surface area contributed by atoms with Crippen molar-refractivity contribution in [1.82, 2.24) is 14.5 Å². The first kappa shape index (κ1) is 24.1. The summed E-state index contributed by atoms with van der Waals surface area (Å²) in [6.45, 7) is 12.0. The number of nitrogens with zero attached hydrogens (tertiary/aromatic N) is 2. The van der Waals surface area contributed by atoms with Gasteiger partial charge in [-0.3, -0.25) is 9.69 Å². The van der Waals surface area contributed by atoms with E-state index >= 15 is 0 Å². The Kier molecular flexibility index (Phi) is 7.43. The van der Waals surface area contributed by atoms with Gasteiger partial charge >= 0.3 is 0 Å². The fourth-order valence-corrected chi connectivity index (χ4v) is 6.40. The third-order valence-electron chi connectivity index (χ3n) is 6.70. The van der Waals surface area contributed by atoms with Crippen molar-refractivity contribution >= 4 is 15.9 Å². The number of nitrogens with one attached hydrogen (secondary N) is 1. The van der Waals surface area contributed by atoms with Crippen LogP contribution in [0.3, 0.4) is 0 Å². The van der Waals surface area contributed by atoms with Crippen LogP contribution in [0.25, 0.3) is 0 Å². The van der Waals surface area contributed by atoms with E-state index in [2.05, 4.69) is 37.9 Å². The lowest BCUT2D eigenvalue weighted by Gasteiger charge is -2.45. The number of carbonyl (C=O) groups excluding carboxylic acids is 1. The first-order valence-corrected chi connectivity index (χ1v) is 12.7. The molecule has 2 unspecified atom stereocenters. The second kappa shape index (κ2) is 9.55. The number of rotatable bonds is 6. The lowest BCUT2D eigenvalue weighted by molar-refractivity contribution is -0.126. The van der Waals surface area contributed by atoms with Crippen LogP contribution in [-0.4, -0.2) is 61.8 Å². The monoisotopic (exact) mass is 453 g/mol.